The summed E-state index contributed by atoms with van der Waals surface area (Å²) >= 11 is 9.41. The fourth-order valence-corrected chi connectivity index (χ4v) is 3.38. The molecule has 0 spiro atoms. The van der Waals surface area contributed by atoms with E-state index in [0.29, 0.717) is 11.9 Å². The minimum Gasteiger partial charge on any atom is -0.325 e. The maximum absolute atomic E-state index is 5.90. The maximum Gasteiger partial charge on any atom is 0.111 e. The van der Waals surface area contributed by atoms with Crippen LogP contribution in [0.3, 0.4) is 0 Å². The molecule has 0 unspecified atom stereocenters. The average Bonchev–Trinajstić information content (AvgIpc) is 2.62. The molecule has 0 aliphatic heterocycles. The molecule has 1 aliphatic carbocycles. The highest BCUT2D eigenvalue weighted by molar-refractivity contribution is 9.10. The van der Waals surface area contributed by atoms with Gasteiger partial charge in [-0.05, 0) is 37.0 Å². The van der Waals surface area contributed by atoms with Crippen LogP contribution in [0.4, 0.5) is 0 Å². The average molecular weight is 328 g/mol. The zero-order valence-corrected chi connectivity index (χ0v) is 12.7. The van der Waals surface area contributed by atoms with Crippen molar-refractivity contribution in [1.29, 1.82) is 0 Å². The molecule has 1 aliphatic rings. The molecule has 1 saturated carbocycles. The Morgan fingerprint density at radius 2 is 2.22 bits per heavy atom. The molecule has 1 aromatic carbocycles. The van der Waals surface area contributed by atoms with Gasteiger partial charge in [-0.15, -0.1) is 11.6 Å². The second kappa shape index (κ2) is 4.86. The number of alkyl halides is 1. The van der Waals surface area contributed by atoms with E-state index in [4.69, 9.17) is 16.6 Å². The van der Waals surface area contributed by atoms with Crippen LogP contribution in [0.15, 0.2) is 22.7 Å². The van der Waals surface area contributed by atoms with Crippen molar-refractivity contribution in [2.45, 2.75) is 32.2 Å². The Morgan fingerprint density at radius 1 is 1.44 bits per heavy atom. The fourth-order valence-electron chi connectivity index (χ4n) is 2.86. The smallest absolute Gasteiger partial charge is 0.111 e. The number of hydrogen-bond donors (Lipinski definition) is 0. The number of benzene rings is 1. The molecular formula is C14H16BrClN2. The monoisotopic (exact) mass is 326 g/mol. The molecule has 0 saturated heterocycles. The fraction of sp³-hybridized carbons (Fsp3) is 0.500. The number of aromatic nitrogens is 2. The van der Waals surface area contributed by atoms with Crippen molar-refractivity contribution >= 4 is 38.6 Å². The highest BCUT2D eigenvalue weighted by Gasteiger charge is 2.29. The van der Waals surface area contributed by atoms with E-state index in [9.17, 15) is 0 Å². The lowest BCUT2D eigenvalue weighted by Gasteiger charge is -2.35. The van der Waals surface area contributed by atoms with E-state index < -0.39 is 0 Å². The number of aryl methyl sites for hydroxylation is 1. The molecule has 96 valence electrons. The summed E-state index contributed by atoms with van der Waals surface area (Å²) in [6, 6.07) is 6.95. The van der Waals surface area contributed by atoms with Gasteiger partial charge in [0.2, 0.25) is 0 Å². The number of rotatable bonds is 3. The van der Waals surface area contributed by atoms with Gasteiger partial charge in [0.1, 0.15) is 5.82 Å². The third-order valence-electron chi connectivity index (χ3n) is 3.76. The predicted octanol–water partition coefficient (Wildman–Crippen LogP) is 4.55. The van der Waals surface area contributed by atoms with Gasteiger partial charge in [-0.1, -0.05) is 22.9 Å². The molecule has 2 nitrogen and oxygen atoms in total. The number of fused-ring (bicyclic) bond motifs is 1. The SMILES string of the molecule is CC1CC(n2c(CCCl)nc3cc(Br)ccc32)C1. The Kier molecular flexibility index (Phi) is 3.37. The quantitative estimate of drug-likeness (QED) is 0.756. The standard InChI is InChI=1S/C14H16BrClN2/c1-9-6-11(7-9)18-13-3-2-10(15)8-12(13)17-14(18)4-5-16/h2-3,8-9,11H,4-7H2,1H3. The molecule has 1 fully saturated rings. The molecule has 3 rings (SSSR count). The van der Waals surface area contributed by atoms with Crippen LogP contribution in [0, 0.1) is 5.92 Å². The van der Waals surface area contributed by atoms with Crippen molar-refractivity contribution in [2.75, 3.05) is 5.88 Å². The van der Waals surface area contributed by atoms with Crippen molar-refractivity contribution in [3.63, 3.8) is 0 Å². The molecule has 0 radical (unpaired) electrons. The highest BCUT2D eigenvalue weighted by Crippen LogP contribution is 2.40. The highest BCUT2D eigenvalue weighted by atomic mass is 79.9. The minimum absolute atomic E-state index is 0.615. The van der Waals surface area contributed by atoms with Crippen molar-refractivity contribution < 1.29 is 0 Å². The second-order valence-corrected chi connectivity index (χ2v) is 6.49. The lowest BCUT2D eigenvalue weighted by atomic mass is 9.81. The predicted molar refractivity (Wildman–Crippen MR) is 79.3 cm³/mol. The van der Waals surface area contributed by atoms with Crippen LogP contribution in [0.25, 0.3) is 11.0 Å². The van der Waals surface area contributed by atoms with Crippen molar-refractivity contribution in [3.05, 3.63) is 28.5 Å². The van der Waals surface area contributed by atoms with Crippen LogP contribution in [0.2, 0.25) is 0 Å². The van der Waals surface area contributed by atoms with E-state index in [0.717, 1.165) is 28.2 Å². The summed E-state index contributed by atoms with van der Waals surface area (Å²) in [5.74, 6) is 2.61. The molecule has 0 N–H and O–H groups in total. The van der Waals surface area contributed by atoms with Crippen LogP contribution in [0.1, 0.15) is 31.6 Å². The summed E-state index contributed by atoms with van der Waals surface area (Å²) in [5, 5.41) is 0. The Labute approximate surface area is 120 Å². The Bertz CT molecular complexity index is 572. The first-order valence-electron chi connectivity index (χ1n) is 6.41. The number of nitrogens with zero attached hydrogens (tertiary/aromatic N) is 2. The maximum atomic E-state index is 5.90. The zero-order chi connectivity index (χ0) is 12.7. The summed E-state index contributed by atoms with van der Waals surface area (Å²) in [4.78, 5) is 4.74. The summed E-state index contributed by atoms with van der Waals surface area (Å²) in [6.45, 7) is 2.31. The largest absolute Gasteiger partial charge is 0.325 e. The molecular weight excluding hydrogens is 312 g/mol. The van der Waals surface area contributed by atoms with Crippen LogP contribution >= 0.6 is 27.5 Å². The number of hydrogen-bond acceptors (Lipinski definition) is 1. The summed E-state index contributed by atoms with van der Waals surface area (Å²) < 4.78 is 3.49. The van der Waals surface area contributed by atoms with Crippen LogP contribution in [-0.2, 0) is 6.42 Å². The van der Waals surface area contributed by atoms with E-state index in [1.807, 2.05) is 0 Å². The number of halogens is 2. The summed E-state index contributed by atoms with van der Waals surface area (Å²) in [7, 11) is 0. The van der Waals surface area contributed by atoms with E-state index in [-0.39, 0.29) is 0 Å². The molecule has 0 amide bonds. The lowest BCUT2D eigenvalue weighted by Crippen LogP contribution is -2.26. The Balaban J connectivity index is 2.10. The summed E-state index contributed by atoms with van der Waals surface area (Å²) in [5.41, 5.74) is 2.32. The van der Waals surface area contributed by atoms with Crippen LogP contribution in [-0.4, -0.2) is 15.4 Å². The van der Waals surface area contributed by atoms with Gasteiger partial charge in [0.05, 0.1) is 11.0 Å². The molecule has 2 aromatic rings. The van der Waals surface area contributed by atoms with E-state index in [1.165, 1.54) is 18.4 Å². The van der Waals surface area contributed by atoms with Gasteiger partial charge in [0.15, 0.2) is 0 Å². The third kappa shape index (κ3) is 2.08. The first-order valence-corrected chi connectivity index (χ1v) is 7.74. The molecule has 0 atom stereocenters. The van der Waals surface area contributed by atoms with Crippen molar-refractivity contribution in [3.8, 4) is 0 Å². The molecule has 1 heterocycles. The van der Waals surface area contributed by atoms with Gasteiger partial charge in [-0.25, -0.2) is 4.98 Å². The second-order valence-electron chi connectivity index (χ2n) is 5.20. The normalized spacial score (nSPS) is 23.3. The van der Waals surface area contributed by atoms with Gasteiger partial charge in [0.25, 0.3) is 0 Å². The van der Waals surface area contributed by atoms with Gasteiger partial charge < -0.3 is 4.57 Å². The minimum atomic E-state index is 0.615. The van der Waals surface area contributed by atoms with E-state index >= 15 is 0 Å². The van der Waals surface area contributed by atoms with Crippen LogP contribution in [0.5, 0.6) is 0 Å². The van der Waals surface area contributed by atoms with Crippen molar-refractivity contribution in [1.82, 2.24) is 9.55 Å². The van der Waals surface area contributed by atoms with Gasteiger partial charge >= 0.3 is 0 Å². The van der Waals surface area contributed by atoms with Crippen molar-refractivity contribution in [2.24, 2.45) is 5.92 Å². The first-order chi connectivity index (χ1) is 8.69. The van der Waals surface area contributed by atoms with Gasteiger partial charge in [0, 0.05) is 22.8 Å². The molecule has 4 heteroatoms. The zero-order valence-electron chi connectivity index (χ0n) is 10.4. The Morgan fingerprint density at radius 3 is 2.89 bits per heavy atom. The molecule has 18 heavy (non-hydrogen) atoms. The van der Waals surface area contributed by atoms with Gasteiger partial charge in [-0.2, -0.15) is 0 Å². The lowest BCUT2D eigenvalue weighted by molar-refractivity contribution is 0.217. The van der Waals surface area contributed by atoms with E-state index in [1.54, 1.807) is 0 Å². The summed E-state index contributed by atoms with van der Waals surface area (Å²) in [6.07, 6.45) is 3.37. The topological polar surface area (TPSA) is 17.8 Å². The molecule has 1 aromatic heterocycles. The van der Waals surface area contributed by atoms with E-state index in [2.05, 4.69) is 45.6 Å². The molecule has 0 bridgehead atoms. The Hall–Kier alpha value is -0.540. The third-order valence-corrected chi connectivity index (χ3v) is 4.44. The first kappa shape index (κ1) is 12.5. The van der Waals surface area contributed by atoms with Crippen LogP contribution < -0.4 is 0 Å². The van der Waals surface area contributed by atoms with Gasteiger partial charge in [-0.3, -0.25) is 0 Å². The number of imidazole rings is 1.